The van der Waals surface area contributed by atoms with Crippen molar-refractivity contribution in [2.24, 2.45) is 11.0 Å². The highest BCUT2D eigenvalue weighted by molar-refractivity contribution is 7.14. The second kappa shape index (κ2) is 7.03. The predicted octanol–water partition coefficient (Wildman–Crippen LogP) is 4.25. The van der Waals surface area contributed by atoms with E-state index in [1.165, 1.54) is 7.11 Å². The third kappa shape index (κ3) is 3.01. The molecule has 0 bridgehead atoms. The number of alkyl halides is 3. The Hall–Kier alpha value is -2.98. The van der Waals surface area contributed by atoms with Gasteiger partial charge in [-0.1, -0.05) is 6.07 Å². The van der Waals surface area contributed by atoms with Gasteiger partial charge in [0.15, 0.2) is 0 Å². The predicted molar refractivity (Wildman–Crippen MR) is 110 cm³/mol. The van der Waals surface area contributed by atoms with Gasteiger partial charge in [0, 0.05) is 17.1 Å². The maximum absolute atomic E-state index is 14.3. The van der Waals surface area contributed by atoms with E-state index >= 15 is 0 Å². The van der Waals surface area contributed by atoms with Crippen LogP contribution in [0.4, 0.5) is 18.3 Å². The van der Waals surface area contributed by atoms with Gasteiger partial charge in [0.2, 0.25) is 5.13 Å². The third-order valence-electron chi connectivity index (χ3n) is 5.66. The Labute approximate surface area is 179 Å². The van der Waals surface area contributed by atoms with E-state index in [1.807, 2.05) is 0 Å². The summed E-state index contributed by atoms with van der Waals surface area (Å²) >= 11 is 0.981. The molecule has 10 heteroatoms. The summed E-state index contributed by atoms with van der Waals surface area (Å²) in [7, 11) is 1.53. The zero-order valence-electron chi connectivity index (χ0n) is 16.3. The number of anilines is 1. The number of nitrogens with zero attached hydrogens (tertiary/aromatic N) is 4. The van der Waals surface area contributed by atoms with Crippen molar-refractivity contribution in [1.29, 1.82) is 0 Å². The molecule has 1 aromatic carbocycles. The Morgan fingerprint density at radius 1 is 1.23 bits per heavy atom. The van der Waals surface area contributed by atoms with Gasteiger partial charge in [-0.05, 0) is 48.7 Å². The molecule has 1 aliphatic carbocycles. The van der Waals surface area contributed by atoms with Gasteiger partial charge in [-0.3, -0.25) is 4.98 Å². The molecular weight excluding hydrogens is 429 g/mol. The number of rotatable bonds is 3. The van der Waals surface area contributed by atoms with Crippen molar-refractivity contribution in [1.82, 2.24) is 9.97 Å². The van der Waals surface area contributed by atoms with Gasteiger partial charge in [-0.2, -0.15) is 23.3 Å². The molecule has 0 saturated carbocycles. The fourth-order valence-electron chi connectivity index (χ4n) is 4.12. The van der Waals surface area contributed by atoms with Crippen LogP contribution in [0.5, 0.6) is 5.75 Å². The molecule has 31 heavy (non-hydrogen) atoms. The first-order valence-corrected chi connectivity index (χ1v) is 10.4. The number of thiazole rings is 1. The molecule has 1 N–H and O–H groups in total. The average Bonchev–Trinajstić information content (AvgIpc) is 3.37. The van der Waals surface area contributed by atoms with E-state index in [-0.39, 0.29) is 17.3 Å². The van der Waals surface area contributed by atoms with E-state index in [9.17, 15) is 18.3 Å². The summed E-state index contributed by atoms with van der Waals surface area (Å²) in [6.45, 7) is 0. The van der Waals surface area contributed by atoms with Crippen molar-refractivity contribution in [2.45, 2.75) is 24.7 Å². The maximum Gasteiger partial charge on any atom is 0.439 e. The number of hydrazone groups is 1. The zero-order chi connectivity index (χ0) is 21.8. The Balaban J connectivity index is 1.62. The van der Waals surface area contributed by atoms with E-state index in [0.717, 1.165) is 16.9 Å². The lowest BCUT2D eigenvalue weighted by atomic mass is 9.77. The molecule has 0 radical (unpaired) electrons. The average molecular weight is 446 g/mol. The summed E-state index contributed by atoms with van der Waals surface area (Å²) in [5, 5.41) is 17.5. The van der Waals surface area contributed by atoms with Gasteiger partial charge in [0.25, 0.3) is 5.72 Å². The second-order valence-electron chi connectivity index (χ2n) is 7.37. The van der Waals surface area contributed by atoms with Crippen LogP contribution in [-0.4, -0.2) is 39.8 Å². The number of ether oxygens (including phenoxy) is 1. The molecule has 6 nitrogen and oxygen atoms in total. The van der Waals surface area contributed by atoms with Gasteiger partial charge in [0.1, 0.15) is 11.4 Å². The quantitative estimate of drug-likeness (QED) is 0.651. The number of aryl methyl sites for hydroxylation is 1. The highest BCUT2D eigenvalue weighted by Crippen LogP contribution is 2.51. The van der Waals surface area contributed by atoms with Crippen LogP contribution in [-0.2, 0) is 6.42 Å². The minimum absolute atomic E-state index is 0.0440. The van der Waals surface area contributed by atoms with Crippen LogP contribution in [0, 0.1) is 5.92 Å². The van der Waals surface area contributed by atoms with Crippen molar-refractivity contribution < 1.29 is 23.0 Å². The number of fused-ring (bicyclic) bond motifs is 3. The minimum atomic E-state index is -4.94. The zero-order valence-corrected chi connectivity index (χ0v) is 17.1. The molecular formula is C21H17F3N4O2S. The lowest BCUT2D eigenvalue weighted by molar-refractivity contribution is -0.268. The van der Waals surface area contributed by atoms with Gasteiger partial charge in [-0.25, -0.2) is 4.98 Å². The molecule has 0 unspecified atom stereocenters. The molecule has 2 aromatic heterocycles. The van der Waals surface area contributed by atoms with Crippen molar-refractivity contribution in [2.75, 3.05) is 12.1 Å². The van der Waals surface area contributed by atoms with E-state index in [2.05, 4.69) is 15.1 Å². The largest absolute Gasteiger partial charge is 0.497 e. The first-order valence-electron chi connectivity index (χ1n) is 9.55. The smallest absolute Gasteiger partial charge is 0.439 e. The van der Waals surface area contributed by atoms with Crippen molar-refractivity contribution in [3.8, 4) is 17.1 Å². The van der Waals surface area contributed by atoms with Crippen LogP contribution in [0.15, 0.2) is 53.1 Å². The highest BCUT2D eigenvalue weighted by atomic mass is 32.1. The molecule has 1 aliphatic heterocycles. The number of aromatic nitrogens is 2. The van der Waals surface area contributed by atoms with Crippen molar-refractivity contribution >= 4 is 22.2 Å². The van der Waals surface area contributed by atoms with Gasteiger partial charge in [0.05, 0.1) is 24.4 Å². The van der Waals surface area contributed by atoms with Gasteiger partial charge >= 0.3 is 6.18 Å². The molecule has 5 rings (SSSR count). The van der Waals surface area contributed by atoms with Crippen LogP contribution < -0.4 is 9.75 Å². The standard InChI is InChI=1S/C21H17F3N4O2S/c1-30-13-6-7-14-12(10-13)5-8-15-18(14)27-28(20(15,29)21(22,23)24)19-26-17(11-31-19)16-4-2-3-9-25-16/h2-4,6-7,9-11,15,29H,5,8H2,1H3/t15-,20+/m1/s1. The van der Waals surface area contributed by atoms with Crippen LogP contribution in [0.25, 0.3) is 11.4 Å². The van der Waals surface area contributed by atoms with E-state index in [1.54, 1.807) is 48.0 Å². The number of hydrogen-bond donors (Lipinski definition) is 1. The van der Waals surface area contributed by atoms with Gasteiger partial charge in [-0.15, -0.1) is 11.3 Å². The van der Waals surface area contributed by atoms with E-state index in [0.29, 0.717) is 34.1 Å². The molecule has 0 amide bonds. The Bertz CT molecular complexity index is 1160. The number of methoxy groups -OCH3 is 1. The lowest BCUT2D eigenvalue weighted by Crippen LogP contribution is -2.60. The molecule has 2 aliphatic rings. The topological polar surface area (TPSA) is 70.8 Å². The normalized spacial score (nSPS) is 22.7. The number of hydrogen-bond acceptors (Lipinski definition) is 7. The summed E-state index contributed by atoms with van der Waals surface area (Å²) in [5.41, 5.74) is -0.595. The first-order chi connectivity index (χ1) is 14.8. The Morgan fingerprint density at radius 3 is 2.77 bits per heavy atom. The monoisotopic (exact) mass is 446 g/mol. The molecule has 160 valence electrons. The van der Waals surface area contributed by atoms with Crippen molar-refractivity contribution in [3.63, 3.8) is 0 Å². The second-order valence-corrected chi connectivity index (χ2v) is 8.20. The summed E-state index contributed by atoms with van der Waals surface area (Å²) in [6.07, 6.45) is -2.89. The molecule has 0 spiro atoms. The molecule has 2 atom stereocenters. The molecule has 0 fully saturated rings. The SMILES string of the molecule is COc1ccc2c(c1)CC[C@@H]1C2=NN(c2nc(-c3ccccn3)cs2)[C@@]1(O)C(F)(F)F. The van der Waals surface area contributed by atoms with Gasteiger partial charge < -0.3 is 9.84 Å². The maximum atomic E-state index is 14.3. The summed E-state index contributed by atoms with van der Waals surface area (Å²) in [6, 6.07) is 10.4. The van der Waals surface area contributed by atoms with E-state index < -0.39 is 17.8 Å². The summed E-state index contributed by atoms with van der Waals surface area (Å²) in [5.74, 6) is -0.603. The molecule has 0 saturated heterocycles. The third-order valence-corrected chi connectivity index (χ3v) is 6.47. The fourth-order valence-corrected chi connectivity index (χ4v) is 4.95. The van der Waals surface area contributed by atoms with E-state index in [4.69, 9.17) is 4.74 Å². The number of halogens is 3. The minimum Gasteiger partial charge on any atom is -0.497 e. The van der Waals surface area contributed by atoms with Crippen LogP contribution in [0.1, 0.15) is 17.5 Å². The number of benzene rings is 1. The summed E-state index contributed by atoms with van der Waals surface area (Å²) < 4.78 is 48.0. The Kier molecular flexibility index (Phi) is 4.52. The molecule has 3 aromatic rings. The van der Waals surface area contributed by atoms with Crippen LogP contribution >= 0.6 is 11.3 Å². The summed E-state index contributed by atoms with van der Waals surface area (Å²) in [4.78, 5) is 8.49. The van der Waals surface area contributed by atoms with Crippen LogP contribution in [0.3, 0.4) is 0 Å². The Morgan fingerprint density at radius 2 is 2.06 bits per heavy atom. The fraction of sp³-hybridized carbons (Fsp3) is 0.286. The lowest BCUT2D eigenvalue weighted by Gasteiger charge is -2.38. The highest BCUT2D eigenvalue weighted by Gasteiger charge is 2.68. The number of aliphatic hydroxyl groups is 1. The van der Waals surface area contributed by atoms with Crippen LogP contribution in [0.2, 0.25) is 0 Å². The first kappa shape index (κ1) is 20.0. The van der Waals surface area contributed by atoms with Crippen molar-refractivity contribution in [3.05, 3.63) is 59.1 Å². The number of pyridine rings is 1. The molecule has 3 heterocycles.